The Labute approximate surface area is 40.9 Å². The highest BCUT2D eigenvalue weighted by atomic mass is 16.6. The molecule has 0 heterocycles. The van der Waals surface area contributed by atoms with Crippen molar-refractivity contribution in [1.29, 1.82) is 0 Å². The van der Waals surface area contributed by atoms with E-state index >= 15 is 0 Å². The maximum absolute atomic E-state index is 9.90. The van der Waals surface area contributed by atoms with Gasteiger partial charge in [0.1, 0.15) is 0 Å². The summed E-state index contributed by atoms with van der Waals surface area (Å²) in [5.41, 5.74) is 0. The molecule has 0 aliphatic heterocycles. The second-order valence-electron chi connectivity index (χ2n) is 1.33. The Kier molecular flexibility index (Phi) is 2.29. The largest absolute Gasteiger partial charge is 0.264 e. The van der Waals surface area contributed by atoms with Gasteiger partial charge in [-0.3, -0.25) is 10.1 Å². The first kappa shape index (κ1) is 6.36. The highest BCUT2D eigenvalue weighted by Gasteiger charge is 2.03. The van der Waals surface area contributed by atoms with Gasteiger partial charge in [0.05, 0.1) is 0 Å². The SMILES string of the molecule is CC([O])C[N+](=O)[O-]. The molecule has 0 aromatic carbocycles. The van der Waals surface area contributed by atoms with Crippen LogP contribution < -0.4 is 0 Å². The predicted octanol–water partition coefficient (Wildman–Crippen LogP) is 0.0821. The van der Waals surface area contributed by atoms with E-state index in [4.69, 9.17) is 0 Å². The van der Waals surface area contributed by atoms with Crippen molar-refractivity contribution in [3.8, 4) is 0 Å². The van der Waals surface area contributed by atoms with Crippen LogP contribution in [0.15, 0.2) is 0 Å². The summed E-state index contributed by atoms with van der Waals surface area (Å²) in [5, 5.41) is 19.3. The van der Waals surface area contributed by atoms with Gasteiger partial charge in [0, 0.05) is 4.92 Å². The molecule has 0 fully saturated rings. The first-order valence-electron chi connectivity index (χ1n) is 1.90. The monoisotopic (exact) mass is 104 g/mol. The van der Waals surface area contributed by atoms with Gasteiger partial charge in [0.25, 0.3) is 0 Å². The van der Waals surface area contributed by atoms with Crippen LogP contribution in [0.3, 0.4) is 0 Å². The van der Waals surface area contributed by atoms with Crippen LogP contribution in [0.5, 0.6) is 0 Å². The van der Waals surface area contributed by atoms with Gasteiger partial charge in [-0.2, -0.15) is 0 Å². The Hall–Kier alpha value is -0.640. The molecule has 41 valence electrons. The molecule has 0 amide bonds. The molecule has 7 heavy (non-hydrogen) atoms. The number of rotatable bonds is 2. The second-order valence-corrected chi connectivity index (χ2v) is 1.33. The van der Waals surface area contributed by atoms with Gasteiger partial charge in [-0.05, 0) is 6.92 Å². The molecule has 4 nitrogen and oxygen atoms in total. The summed E-state index contributed by atoms with van der Waals surface area (Å²) in [6.07, 6.45) is -1.07. The summed E-state index contributed by atoms with van der Waals surface area (Å²) >= 11 is 0. The Morgan fingerprint density at radius 1 is 1.86 bits per heavy atom. The van der Waals surface area contributed by atoms with Crippen LogP contribution in [0.4, 0.5) is 0 Å². The second kappa shape index (κ2) is 2.52. The zero-order chi connectivity index (χ0) is 5.86. The van der Waals surface area contributed by atoms with Gasteiger partial charge in [-0.25, -0.2) is 5.11 Å². The Morgan fingerprint density at radius 3 is 2.29 bits per heavy atom. The van der Waals surface area contributed by atoms with Gasteiger partial charge in [0.15, 0.2) is 6.10 Å². The molecule has 1 unspecified atom stereocenters. The van der Waals surface area contributed by atoms with Crippen molar-refractivity contribution in [2.24, 2.45) is 0 Å². The first-order valence-corrected chi connectivity index (χ1v) is 1.90. The van der Waals surface area contributed by atoms with Crippen LogP contribution in [-0.2, 0) is 5.11 Å². The van der Waals surface area contributed by atoms with E-state index in [1.165, 1.54) is 6.92 Å². The van der Waals surface area contributed by atoms with Crippen LogP contribution in [0.1, 0.15) is 6.92 Å². The fourth-order valence-electron chi connectivity index (χ4n) is 0.210. The Morgan fingerprint density at radius 2 is 2.29 bits per heavy atom. The van der Waals surface area contributed by atoms with Crippen LogP contribution >= 0.6 is 0 Å². The smallest absolute Gasteiger partial charge is 0.232 e. The summed E-state index contributed by atoms with van der Waals surface area (Å²) < 4.78 is 0. The quantitative estimate of drug-likeness (QED) is 0.368. The third kappa shape index (κ3) is 5.36. The van der Waals surface area contributed by atoms with Crippen molar-refractivity contribution in [3.05, 3.63) is 10.1 Å². The molecular formula is C3H6NO3. The fourth-order valence-corrected chi connectivity index (χ4v) is 0.210. The molecule has 0 aliphatic carbocycles. The lowest BCUT2D eigenvalue weighted by molar-refractivity contribution is -0.491. The number of nitrogens with zero attached hydrogens (tertiary/aromatic N) is 1. The van der Waals surface area contributed by atoms with Crippen LogP contribution in [0.2, 0.25) is 0 Å². The van der Waals surface area contributed by atoms with Crippen molar-refractivity contribution >= 4 is 0 Å². The van der Waals surface area contributed by atoms with E-state index in [0.717, 1.165) is 0 Å². The van der Waals surface area contributed by atoms with E-state index in [1.54, 1.807) is 0 Å². The zero-order valence-corrected chi connectivity index (χ0v) is 3.96. The Bertz CT molecular complexity index is 70.6. The number of nitro groups is 1. The van der Waals surface area contributed by atoms with E-state index < -0.39 is 17.6 Å². The first-order chi connectivity index (χ1) is 3.13. The molecular weight excluding hydrogens is 98.0 g/mol. The predicted molar refractivity (Wildman–Crippen MR) is 22.0 cm³/mol. The van der Waals surface area contributed by atoms with E-state index in [2.05, 4.69) is 0 Å². The summed E-state index contributed by atoms with van der Waals surface area (Å²) in [7, 11) is 0. The van der Waals surface area contributed by atoms with Crippen molar-refractivity contribution in [2.45, 2.75) is 13.0 Å². The van der Waals surface area contributed by atoms with E-state index in [1.807, 2.05) is 0 Å². The van der Waals surface area contributed by atoms with Crippen molar-refractivity contribution in [2.75, 3.05) is 6.54 Å². The molecule has 0 N–H and O–H groups in total. The van der Waals surface area contributed by atoms with E-state index in [9.17, 15) is 15.2 Å². The normalized spacial score (nSPS) is 13.4. The lowest BCUT2D eigenvalue weighted by Gasteiger charge is -1.89. The molecule has 0 bridgehead atoms. The van der Waals surface area contributed by atoms with Crippen LogP contribution in [0, 0.1) is 10.1 Å². The summed E-state index contributed by atoms with van der Waals surface area (Å²) in [6, 6.07) is 0. The maximum Gasteiger partial charge on any atom is 0.232 e. The number of hydrogen-bond donors (Lipinski definition) is 0. The minimum Gasteiger partial charge on any atom is -0.264 e. The van der Waals surface area contributed by atoms with Crippen molar-refractivity contribution < 1.29 is 10.0 Å². The molecule has 0 spiro atoms. The molecule has 0 aromatic rings. The molecule has 0 saturated carbocycles. The molecule has 0 rings (SSSR count). The maximum atomic E-state index is 9.90. The molecule has 1 radical (unpaired) electrons. The third-order valence-corrected chi connectivity index (χ3v) is 0.406. The average Bonchev–Trinajstić information content (AvgIpc) is 1.27. The zero-order valence-electron chi connectivity index (χ0n) is 3.96. The lowest BCUT2D eigenvalue weighted by Crippen LogP contribution is -2.13. The molecule has 0 saturated heterocycles. The summed E-state index contributed by atoms with van der Waals surface area (Å²) in [5.74, 6) is 0. The molecule has 0 aliphatic rings. The highest BCUT2D eigenvalue weighted by Crippen LogP contribution is 1.78. The van der Waals surface area contributed by atoms with Crippen molar-refractivity contribution in [1.82, 2.24) is 0 Å². The topological polar surface area (TPSA) is 63.0 Å². The van der Waals surface area contributed by atoms with Gasteiger partial charge >= 0.3 is 0 Å². The Balaban J connectivity index is 3.13. The van der Waals surface area contributed by atoms with Gasteiger partial charge in [0.2, 0.25) is 6.54 Å². The van der Waals surface area contributed by atoms with Gasteiger partial charge in [-0.1, -0.05) is 0 Å². The summed E-state index contributed by atoms with van der Waals surface area (Å²) in [4.78, 5) is 8.80. The minimum absolute atomic E-state index is 0.472. The molecule has 0 aromatic heterocycles. The van der Waals surface area contributed by atoms with Crippen LogP contribution in [-0.4, -0.2) is 17.6 Å². The molecule has 1 atom stereocenters. The van der Waals surface area contributed by atoms with E-state index in [-0.39, 0.29) is 0 Å². The van der Waals surface area contributed by atoms with E-state index in [0.29, 0.717) is 0 Å². The van der Waals surface area contributed by atoms with Gasteiger partial charge < -0.3 is 0 Å². The average molecular weight is 104 g/mol. The third-order valence-electron chi connectivity index (χ3n) is 0.406. The van der Waals surface area contributed by atoms with Crippen molar-refractivity contribution in [3.63, 3.8) is 0 Å². The molecule has 4 heteroatoms. The van der Waals surface area contributed by atoms with Crippen LogP contribution in [0.25, 0.3) is 0 Å². The fraction of sp³-hybridized carbons (Fsp3) is 1.00. The van der Waals surface area contributed by atoms with Gasteiger partial charge in [-0.15, -0.1) is 0 Å². The number of hydrogen-bond acceptors (Lipinski definition) is 2. The summed E-state index contributed by atoms with van der Waals surface area (Å²) in [6.45, 7) is 0.794. The highest BCUT2D eigenvalue weighted by molar-refractivity contribution is 4.36. The minimum atomic E-state index is -1.07. The standard InChI is InChI=1S/C3H6NO3/c1-3(5)2-4(6)7/h3H,2H2,1H3. The lowest BCUT2D eigenvalue weighted by atomic mass is 10.4.